The van der Waals surface area contributed by atoms with Crippen LogP contribution in [0.3, 0.4) is 0 Å². The molecule has 0 radical (unpaired) electrons. The van der Waals surface area contributed by atoms with Crippen LogP contribution in [0.25, 0.3) is 0 Å². The van der Waals surface area contributed by atoms with Crippen LogP contribution >= 0.6 is 0 Å². The van der Waals surface area contributed by atoms with Crippen molar-refractivity contribution in [3.63, 3.8) is 0 Å². The minimum absolute atomic E-state index is 0.0970. The largest absolute Gasteiger partial charge is 0.393 e. The predicted octanol–water partition coefficient (Wildman–Crippen LogP) is 8.58. The smallest absolute Gasteiger partial charge is 0.0577 e. The fraction of sp³-hybridized carbons (Fsp3) is 0.875. The van der Waals surface area contributed by atoms with Gasteiger partial charge in [-0.05, 0) is 116 Å². The van der Waals surface area contributed by atoms with Crippen molar-refractivity contribution in [2.45, 2.75) is 118 Å². The van der Waals surface area contributed by atoms with Crippen molar-refractivity contribution in [3.8, 4) is 0 Å². The zero-order valence-corrected chi connectivity index (χ0v) is 22.6. The number of aliphatic hydroxyl groups excluding tert-OH is 1. The van der Waals surface area contributed by atoms with Gasteiger partial charge < -0.3 is 5.11 Å². The molecule has 0 spiro atoms. The van der Waals surface area contributed by atoms with Gasteiger partial charge in [0.25, 0.3) is 0 Å². The molecule has 0 heterocycles. The van der Waals surface area contributed by atoms with Gasteiger partial charge in [0.1, 0.15) is 0 Å². The maximum Gasteiger partial charge on any atom is 0.0577 e. The first-order chi connectivity index (χ1) is 15.6. The minimum atomic E-state index is -0.0970. The van der Waals surface area contributed by atoms with Crippen LogP contribution in [0.4, 0.5) is 0 Å². The van der Waals surface area contributed by atoms with Gasteiger partial charge >= 0.3 is 0 Å². The number of fused-ring (bicyclic) bond motifs is 2. The van der Waals surface area contributed by atoms with Gasteiger partial charge in [0.15, 0.2) is 0 Å². The average Bonchev–Trinajstić information content (AvgIpc) is 3.03. The number of hydrogen-bond donors (Lipinski definition) is 1. The third kappa shape index (κ3) is 4.01. The third-order valence-electron chi connectivity index (χ3n) is 11.9. The fourth-order valence-corrected chi connectivity index (χ4v) is 10.2. The van der Waals surface area contributed by atoms with Gasteiger partial charge in [-0.1, -0.05) is 77.2 Å². The third-order valence-corrected chi connectivity index (χ3v) is 11.9. The molecule has 0 saturated heterocycles. The molecule has 0 aliphatic heterocycles. The van der Waals surface area contributed by atoms with E-state index in [9.17, 15) is 5.11 Å². The summed E-state index contributed by atoms with van der Waals surface area (Å²) in [5.74, 6) is 6.73. The Hall–Kier alpha value is -0.560. The standard InChI is InChI=1S/C32H52O/c1-20(2)8-7-9-22(4)28-18-24-16-21(3)10-11-23-17-25-19-26(33)12-14-31(25,5)27-13-15-32(28,6)30(24)29(23)27/h16-17,20,22-24,26-30,33H,7-15,18-19H2,1-6H3. The normalized spacial score (nSPS) is 47.7. The summed E-state index contributed by atoms with van der Waals surface area (Å²) >= 11 is 0. The van der Waals surface area contributed by atoms with Crippen LogP contribution in [0.1, 0.15) is 112 Å². The summed E-state index contributed by atoms with van der Waals surface area (Å²) in [5, 5.41) is 10.5. The molecule has 0 aromatic carbocycles. The van der Waals surface area contributed by atoms with Crippen molar-refractivity contribution < 1.29 is 5.11 Å². The fourth-order valence-electron chi connectivity index (χ4n) is 10.2. The molecule has 1 heteroatoms. The summed E-state index contributed by atoms with van der Waals surface area (Å²) in [5.41, 5.74) is 4.18. The lowest BCUT2D eigenvalue weighted by Gasteiger charge is -2.61. The Morgan fingerprint density at radius 1 is 1.00 bits per heavy atom. The first-order valence-electron chi connectivity index (χ1n) is 14.7. The zero-order valence-electron chi connectivity index (χ0n) is 22.6. The Bertz CT molecular complexity index is 790. The Balaban J connectivity index is 1.50. The summed E-state index contributed by atoms with van der Waals surface area (Å²) in [4.78, 5) is 0. The summed E-state index contributed by atoms with van der Waals surface area (Å²) in [6, 6.07) is 0. The van der Waals surface area contributed by atoms with E-state index in [0.29, 0.717) is 10.8 Å². The highest BCUT2D eigenvalue weighted by Crippen LogP contribution is 2.70. The van der Waals surface area contributed by atoms with E-state index < -0.39 is 0 Å². The van der Waals surface area contributed by atoms with Crippen LogP contribution in [-0.4, -0.2) is 11.2 Å². The molecule has 33 heavy (non-hydrogen) atoms. The summed E-state index contributed by atoms with van der Waals surface area (Å²) < 4.78 is 0. The van der Waals surface area contributed by atoms with Gasteiger partial charge in [0.2, 0.25) is 0 Å². The Morgan fingerprint density at radius 2 is 1.79 bits per heavy atom. The van der Waals surface area contributed by atoms with Gasteiger partial charge in [0.05, 0.1) is 6.10 Å². The molecular weight excluding hydrogens is 400 g/mol. The first-order valence-corrected chi connectivity index (χ1v) is 14.7. The molecule has 5 aliphatic rings. The Labute approximate surface area is 204 Å². The van der Waals surface area contributed by atoms with Crippen molar-refractivity contribution in [1.82, 2.24) is 0 Å². The summed E-state index contributed by atoms with van der Waals surface area (Å²) in [6.07, 6.45) is 19.8. The van der Waals surface area contributed by atoms with Crippen LogP contribution in [0.2, 0.25) is 0 Å². The number of hydrogen-bond acceptors (Lipinski definition) is 1. The predicted molar refractivity (Wildman–Crippen MR) is 140 cm³/mol. The Kier molecular flexibility index (Phi) is 6.46. The maximum absolute atomic E-state index is 10.5. The van der Waals surface area contributed by atoms with Crippen molar-refractivity contribution in [2.75, 3.05) is 0 Å². The lowest BCUT2D eigenvalue weighted by Crippen LogP contribution is -2.54. The summed E-state index contributed by atoms with van der Waals surface area (Å²) in [7, 11) is 0. The van der Waals surface area contributed by atoms with Crippen molar-refractivity contribution in [2.24, 2.45) is 58.2 Å². The highest BCUT2D eigenvalue weighted by Gasteiger charge is 2.63. The highest BCUT2D eigenvalue weighted by atomic mass is 16.3. The number of allylic oxidation sites excluding steroid dienone is 3. The molecule has 1 nitrogen and oxygen atoms in total. The van der Waals surface area contributed by atoms with E-state index in [1.807, 2.05) is 0 Å². The highest BCUT2D eigenvalue weighted by molar-refractivity contribution is 5.29. The lowest BCUT2D eigenvalue weighted by atomic mass is 9.43. The van der Waals surface area contributed by atoms with Crippen LogP contribution < -0.4 is 0 Å². The topological polar surface area (TPSA) is 20.2 Å². The van der Waals surface area contributed by atoms with E-state index in [-0.39, 0.29) is 6.10 Å². The van der Waals surface area contributed by atoms with E-state index in [1.165, 1.54) is 57.8 Å². The van der Waals surface area contributed by atoms with E-state index >= 15 is 0 Å². The van der Waals surface area contributed by atoms with Gasteiger partial charge in [0, 0.05) is 0 Å². The van der Waals surface area contributed by atoms with E-state index in [0.717, 1.165) is 60.2 Å². The molecule has 3 saturated carbocycles. The SMILES string of the molecule is CC1=CC2CC(C(C)CCCC(C)C)C3(C)CCC4C(C(C=C5CC(O)CCC54C)CC1)C23. The molecule has 0 aromatic rings. The molecule has 0 aromatic heterocycles. The minimum Gasteiger partial charge on any atom is -0.393 e. The Morgan fingerprint density at radius 3 is 2.55 bits per heavy atom. The van der Waals surface area contributed by atoms with Crippen LogP contribution in [0.15, 0.2) is 23.3 Å². The number of rotatable bonds is 5. The molecule has 186 valence electrons. The second-order valence-corrected chi connectivity index (χ2v) is 14.3. The second-order valence-electron chi connectivity index (χ2n) is 14.3. The first kappa shape index (κ1) is 24.1. The average molecular weight is 453 g/mol. The molecule has 10 unspecified atom stereocenters. The van der Waals surface area contributed by atoms with E-state index in [1.54, 1.807) is 11.1 Å². The molecule has 1 N–H and O–H groups in total. The lowest BCUT2D eigenvalue weighted by molar-refractivity contribution is -0.0840. The molecule has 5 rings (SSSR count). The van der Waals surface area contributed by atoms with E-state index in [4.69, 9.17) is 0 Å². The van der Waals surface area contributed by atoms with Crippen molar-refractivity contribution in [1.29, 1.82) is 0 Å². The molecule has 5 aliphatic carbocycles. The van der Waals surface area contributed by atoms with Gasteiger partial charge in [-0.25, -0.2) is 0 Å². The monoisotopic (exact) mass is 452 g/mol. The quantitative estimate of drug-likeness (QED) is 0.414. The van der Waals surface area contributed by atoms with Crippen LogP contribution in [0.5, 0.6) is 0 Å². The van der Waals surface area contributed by atoms with Gasteiger partial charge in [-0.15, -0.1) is 0 Å². The summed E-state index contributed by atoms with van der Waals surface area (Å²) in [6.45, 7) is 15.1. The number of aliphatic hydroxyl groups is 1. The van der Waals surface area contributed by atoms with Gasteiger partial charge in [-0.3, -0.25) is 0 Å². The van der Waals surface area contributed by atoms with Crippen LogP contribution in [0, 0.1) is 58.2 Å². The molecule has 0 amide bonds. The molecular formula is C32H52O. The van der Waals surface area contributed by atoms with Crippen molar-refractivity contribution >= 4 is 0 Å². The van der Waals surface area contributed by atoms with E-state index in [2.05, 4.69) is 53.7 Å². The molecule has 0 bridgehead atoms. The van der Waals surface area contributed by atoms with Crippen LogP contribution in [-0.2, 0) is 0 Å². The molecule has 10 atom stereocenters. The zero-order chi connectivity index (χ0) is 23.5. The maximum atomic E-state index is 10.5. The second kappa shape index (κ2) is 8.83. The molecule has 3 fully saturated rings. The van der Waals surface area contributed by atoms with Crippen molar-refractivity contribution in [3.05, 3.63) is 23.3 Å². The van der Waals surface area contributed by atoms with Gasteiger partial charge in [-0.2, -0.15) is 0 Å².